The average molecular weight is 236 g/mol. The maximum Gasteiger partial charge on any atom is 0.228 e. The van der Waals surface area contributed by atoms with Crippen LogP contribution in [0.3, 0.4) is 0 Å². The lowest BCUT2D eigenvalue weighted by Gasteiger charge is -2.47. The number of hydrogen-bond acceptors (Lipinski definition) is 5. The van der Waals surface area contributed by atoms with Crippen LogP contribution in [-0.2, 0) is 0 Å². The number of nitrogens with two attached hydrogens (primary N) is 1. The number of rotatable bonds is 4. The van der Waals surface area contributed by atoms with Crippen molar-refractivity contribution < 1.29 is 4.74 Å². The van der Waals surface area contributed by atoms with E-state index in [9.17, 15) is 0 Å². The van der Waals surface area contributed by atoms with Gasteiger partial charge in [0.2, 0.25) is 11.8 Å². The summed E-state index contributed by atoms with van der Waals surface area (Å²) in [6.07, 6.45) is 2.83. The Hall–Kier alpha value is -1.36. The number of hydrogen-bond donors (Lipinski definition) is 1. The highest BCUT2D eigenvalue weighted by Gasteiger charge is 2.39. The van der Waals surface area contributed by atoms with E-state index in [0.717, 1.165) is 19.5 Å². The van der Waals surface area contributed by atoms with Gasteiger partial charge in [-0.25, -0.2) is 4.98 Å². The molecule has 1 aromatic heterocycles. The second-order valence-corrected chi connectivity index (χ2v) is 4.93. The minimum Gasteiger partial charge on any atom is -0.475 e. The zero-order valence-electron chi connectivity index (χ0n) is 10.7. The summed E-state index contributed by atoms with van der Waals surface area (Å²) >= 11 is 0. The third-order valence-corrected chi connectivity index (χ3v) is 2.97. The molecule has 0 radical (unpaired) electrons. The quantitative estimate of drug-likeness (QED) is 0.850. The van der Waals surface area contributed by atoms with Crippen molar-refractivity contribution >= 4 is 5.95 Å². The summed E-state index contributed by atoms with van der Waals surface area (Å²) in [6.45, 7) is 7.70. The van der Waals surface area contributed by atoms with E-state index in [4.69, 9.17) is 10.5 Å². The number of nitrogens with zero attached hydrogens (tertiary/aromatic N) is 3. The highest BCUT2D eigenvalue weighted by Crippen LogP contribution is 2.26. The fourth-order valence-corrected chi connectivity index (χ4v) is 1.87. The van der Waals surface area contributed by atoms with Gasteiger partial charge in [0.05, 0.1) is 11.6 Å². The second kappa shape index (κ2) is 4.49. The van der Waals surface area contributed by atoms with Gasteiger partial charge in [-0.1, -0.05) is 6.92 Å². The van der Waals surface area contributed by atoms with E-state index < -0.39 is 0 Å². The smallest absolute Gasteiger partial charge is 0.228 e. The van der Waals surface area contributed by atoms with Gasteiger partial charge in [-0.05, 0) is 20.3 Å². The van der Waals surface area contributed by atoms with Crippen LogP contribution in [0.5, 0.6) is 5.88 Å². The molecule has 0 aromatic carbocycles. The van der Waals surface area contributed by atoms with Crippen LogP contribution in [0.15, 0.2) is 12.3 Å². The van der Waals surface area contributed by atoms with Crippen molar-refractivity contribution in [2.75, 3.05) is 18.0 Å². The van der Waals surface area contributed by atoms with E-state index >= 15 is 0 Å². The molecule has 2 N–H and O–H groups in total. The first-order valence-electron chi connectivity index (χ1n) is 6.06. The molecule has 0 spiro atoms. The van der Waals surface area contributed by atoms with Crippen molar-refractivity contribution in [2.24, 2.45) is 5.73 Å². The monoisotopic (exact) mass is 236 g/mol. The van der Waals surface area contributed by atoms with E-state index in [1.807, 2.05) is 13.8 Å². The van der Waals surface area contributed by atoms with Crippen molar-refractivity contribution in [1.29, 1.82) is 0 Å². The van der Waals surface area contributed by atoms with Crippen LogP contribution in [-0.4, -0.2) is 34.7 Å². The second-order valence-electron chi connectivity index (χ2n) is 4.93. The van der Waals surface area contributed by atoms with Crippen LogP contribution in [0.4, 0.5) is 5.95 Å². The standard InChI is InChI=1S/C12H20N4O/c1-4-12(13)7-16(8-12)11-14-6-5-10(15-11)17-9(2)3/h5-6,9H,4,7-8,13H2,1-3H3. The summed E-state index contributed by atoms with van der Waals surface area (Å²) in [5.41, 5.74) is 6.05. The Bertz CT molecular complexity index is 388. The molecule has 1 fully saturated rings. The molecule has 1 saturated heterocycles. The lowest BCUT2D eigenvalue weighted by atomic mass is 9.89. The van der Waals surface area contributed by atoms with E-state index in [0.29, 0.717) is 11.8 Å². The van der Waals surface area contributed by atoms with Crippen LogP contribution in [0.25, 0.3) is 0 Å². The molecule has 5 heteroatoms. The first-order valence-corrected chi connectivity index (χ1v) is 6.06. The molecule has 0 atom stereocenters. The van der Waals surface area contributed by atoms with Gasteiger partial charge < -0.3 is 15.4 Å². The molecule has 2 heterocycles. The zero-order valence-corrected chi connectivity index (χ0v) is 10.7. The van der Waals surface area contributed by atoms with E-state index in [1.54, 1.807) is 12.3 Å². The van der Waals surface area contributed by atoms with Gasteiger partial charge in [-0.15, -0.1) is 0 Å². The van der Waals surface area contributed by atoms with E-state index in [1.165, 1.54) is 0 Å². The average Bonchev–Trinajstić information content (AvgIpc) is 2.24. The fourth-order valence-electron chi connectivity index (χ4n) is 1.87. The summed E-state index contributed by atoms with van der Waals surface area (Å²) in [6, 6.07) is 1.78. The number of aromatic nitrogens is 2. The first-order chi connectivity index (χ1) is 8.02. The Kier molecular flexibility index (Phi) is 3.19. The van der Waals surface area contributed by atoms with Crippen LogP contribution in [0.2, 0.25) is 0 Å². The molecule has 0 amide bonds. The van der Waals surface area contributed by atoms with Crippen molar-refractivity contribution in [3.63, 3.8) is 0 Å². The Morgan fingerprint density at radius 1 is 1.53 bits per heavy atom. The van der Waals surface area contributed by atoms with E-state index in [2.05, 4.69) is 21.8 Å². The van der Waals surface area contributed by atoms with Gasteiger partial charge in [0.25, 0.3) is 0 Å². The van der Waals surface area contributed by atoms with Gasteiger partial charge >= 0.3 is 0 Å². The Labute approximate surface area is 102 Å². The van der Waals surface area contributed by atoms with Gasteiger partial charge in [-0.2, -0.15) is 4.98 Å². The molecule has 1 aromatic rings. The molecule has 1 aliphatic rings. The highest BCUT2D eigenvalue weighted by molar-refractivity contribution is 5.39. The minimum absolute atomic E-state index is 0.0712. The fraction of sp³-hybridized carbons (Fsp3) is 0.667. The highest BCUT2D eigenvalue weighted by atomic mass is 16.5. The van der Waals surface area contributed by atoms with Crippen molar-refractivity contribution in [3.05, 3.63) is 12.3 Å². The van der Waals surface area contributed by atoms with Crippen LogP contribution in [0.1, 0.15) is 27.2 Å². The third-order valence-electron chi connectivity index (χ3n) is 2.97. The van der Waals surface area contributed by atoms with E-state index in [-0.39, 0.29) is 11.6 Å². The molecular formula is C12H20N4O. The third kappa shape index (κ3) is 2.66. The molecular weight excluding hydrogens is 216 g/mol. The number of anilines is 1. The predicted octanol–water partition coefficient (Wildman–Crippen LogP) is 1.19. The molecule has 94 valence electrons. The summed E-state index contributed by atoms with van der Waals surface area (Å²) in [7, 11) is 0. The number of ether oxygens (including phenoxy) is 1. The molecule has 0 bridgehead atoms. The SMILES string of the molecule is CCC1(N)CN(c2nccc(OC(C)C)n2)C1. The van der Waals surface area contributed by atoms with Crippen LogP contribution >= 0.6 is 0 Å². The van der Waals surface area contributed by atoms with Gasteiger partial charge in [-0.3, -0.25) is 0 Å². The normalized spacial score (nSPS) is 18.1. The van der Waals surface area contributed by atoms with Gasteiger partial charge in [0, 0.05) is 25.4 Å². The molecule has 17 heavy (non-hydrogen) atoms. The maximum absolute atomic E-state index is 6.12. The van der Waals surface area contributed by atoms with Gasteiger partial charge in [0.1, 0.15) is 0 Å². The lowest BCUT2D eigenvalue weighted by molar-refractivity contribution is 0.231. The Balaban J connectivity index is 2.03. The summed E-state index contributed by atoms with van der Waals surface area (Å²) in [5.74, 6) is 1.33. The molecule has 5 nitrogen and oxygen atoms in total. The molecule has 1 aliphatic heterocycles. The molecule has 2 rings (SSSR count). The molecule has 0 saturated carbocycles. The molecule has 0 unspecified atom stereocenters. The summed E-state index contributed by atoms with van der Waals surface area (Å²) < 4.78 is 5.54. The largest absolute Gasteiger partial charge is 0.475 e. The Morgan fingerprint density at radius 2 is 2.24 bits per heavy atom. The zero-order chi connectivity index (χ0) is 12.5. The maximum atomic E-state index is 6.12. The first kappa shape index (κ1) is 12.1. The lowest BCUT2D eigenvalue weighted by Crippen LogP contribution is -2.67. The predicted molar refractivity (Wildman–Crippen MR) is 67.2 cm³/mol. The Morgan fingerprint density at radius 3 is 2.82 bits per heavy atom. The van der Waals surface area contributed by atoms with Crippen molar-refractivity contribution in [1.82, 2.24) is 9.97 Å². The van der Waals surface area contributed by atoms with Crippen molar-refractivity contribution in [3.8, 4) is 5.88 Å². The molecule has 0 aliphatic carbocycles. The van der Waals surface area contributed by atoms with Crippen molar-refractivity contribution in [2.45, 2.75) is 38.8 Å². The van der Waals surface area contributed by atoms with Gasteiger partial charge in [0.15, 0.2) is 0 Å². The minimum atomic E-state index is -0.0712. The van der Waals surface area contributed by atoms with Crippen LogP contribution < -0.4 is 15.4 Å². The topological polar surface area (TPSA) is 64.3 Å². The van der Waals surface area contributed by atoms with Crippen LogP contribution in [0, 0.1) is 0 Å². The summed E-state index contributed by atoms with van der Waals surface area (Å²) in [5, 5.41) is 0. The summed E-state index contributed by atoms with van der Waals surface area (Å²) in [4.78, 5) is 10.7.